The molecule has 3 heteroatoms. The zero-order valence-electron chi connectivity index (χ0n) is 9.94. The molecular formula is C12H22N2O. The number of aromatic nitrogens is 1. The molecule has 0 amide bonds. The smallest absolute Gasteiger partial charge is 0.0645 e. The molecule has 0 radical (unpaired) electrons. The third-order valence-corrected chi connectivity index (χ3v) is 2.57. The van der Waals surface area contributed by atoms with E-state index >= 15 is 0 Å². The molecule has 0 saturated heterocycles. The molecule has 0 aromatic carbocycles. The fourth-order valence-electron chi connectivity index (χ4n) is 1.49. The van der Waals surface area contributed by atoms with Crippen molar-refractivity contribution in [1.29, 1.82) is 0 Å². The van der Waals surface area contributed by atoms with E-state index in [9.17, 15) is 0 Å². The van der Waals surface area contributed by atoms with Crippen LogP contribution in [0.15, 0.2) is 18.5 Å². The summed E-state index contributed by atoms with van der Waals surface area (Å²) in [6.07, 6.45) is 4.18. The van der Waals surface area contributed by atoms with Crippen molar-refractivity contribution in [2.45, 2.75) is 33.4 Å². The minimum Gasteiger partial charge on any atom is -0.380 e. The lowest BCUT2D eigenvalue weighted by Gasteiger charge is -2.13. The number of nitrogens with zero attached hydrogens (tertiary/aromatic N) is 1. The fraction of sp³-hybridized carbons (Fsp3) is 0.667. The monoisotopic (exact) mass is 210 g/mol. The molecule has 0 aliphatic carbocycles. The van der Waals surface area contributed by atoms with Gasteiger partial charge in [-0.3, -0.25) is 0 Å². The first-order valence-corrected chi connectivity index (χ1v) is 5.64. The van der Waals surface area contributed by atoms with E-state index in [1.165, 1.54) is 5.56 Å². The third-order valence-electron chi connectivity index (χ3n) is 2.57. The number of hydrogen-bond acceptors (Lipinski definition) is 2. The zero-order valence-corrected chi connectivity index (χ0v) is 9.94. The van der Waals surface area contributed by atoms with E-state index in [0.29, 0.717) is 5.92 Å². The second-order valence-corrected chi connectivity index (χ2v) is 4.15. The van der Waals surface area contributed by atoms with E-state index in [1.54, 1.807) is 0 Å². The Bertz CT molecular complexity index is 281. The van der Waals surface area contributed by atoms with Gasteiger partial charge in [0.1, 0.15) is 0 Å². The van der Waals surface area contributed by atoms with E-state index in [4.69, 9.17) is 10.5 Å². The van der Waals surface area contributed by atoms with Crippen LogP contribution in [0.2, 0.25) is 0 Å². The van der Waals surface area contributed by atoms with Crippen LogP contribution in [0, 0.1) is 5.92 Å². The van der Waals surface area contributed by atoms with Crippen LogP contribution >= 0.6 is 0 Å². The predicted molar refractivity (Wildman–Crippen MR) is 62.7 cm³/mol. The number of nitrogens with two attached hydrogens (primary N) is 1. The van der Waals surface area contributed by atoms with E-state index in [1.807, 2.05) is 6.92 Å². The van der Waals surface area contributed by atoms with Crippen LogP contribution in [0.5, 0.6) is 0 Å². The van der Waals surface area contributed by atoms with Crippen molar-refractivity contribution in [1.82, 2.24) is 4.57 Å². The maximum atomic E-state index is 6.06. The highest BCUT2D eigenvalue weighted by Crippen LogP contribution is 2.18. The Kier molecular flexibility index (Phi) is 4.85. The molecule has 1 aromatic heterocycles. The van der Waals surface area contributed by atoms with Crippen molar-refractivity contribution in [3.8, 4) is 0 Å². The second-order valence-electron chi connectivity index (χ2n) is 4.15. The van der Waals surface area contributed by atoms with Gasteiger partial charge in [-0.15, -0.1) is 0 Å². The molecule has 3 nitrogen and oxygen atoms in total. The molecule has 1 unspecified atom stereocenters. The summed E-state index contributed by atoms with van der Waals surface area (Å²) in [6, 6.07) is 2.23. The molecule has 0 spiro atoms. The van der Waals surface area contributed by atoms with E-state index in [0.717, 1.165) is 19.8 Å². The first-order valence-electron chi connectivity index (χ1n) is 5.64. The van der Waals surface area contributed by atoms with Crippen LogP contribution in [0.4, 0.5) is 0 Å². The van der Waals surface area contributed by atoms with Crippen LogP contribution in [-0.2, 0) is 11.3 Å². The second kappa shape index (κ2) is 5.93. The summed E-state index contributed by atoms with van der Waals surface area (Å²) in [6.45, 7) is 8.74. The van der Waals surface area contributed by atoms with Gasteiger partial charge in [-0.25, -0.2) is 0 Å². The van der Waals surface area contributed by atoms with Crippen molar-refractivity contribution >= 4 is 0 Å². The van der Waals surface area contributed by atoms with E-state index < -0.39 is 0 Å². The van der Waals surface area contributed by atoms with E-state index in [-0.39, 0.29) is 6.04 Å². The molecule has 0 bridgehead atoms. The van der Waals surface area contributed by atoms with Gasteiger partial charge in [0, 0.05) is 31.6 Å². The molecular weight excluding hydrogens is 188 g/mol. The summed E-state index contributed by atoms with van der Waals surface area (Å²) in [5, 5.41) is 0. The van der Waals surface area contributed by atoms with Gasteiger partial charge in [-0.1, -0.05) is 13.8 Å². The lowest BCUT2D eigenvalue weighted by Crippen LogP contribution is -2.16. The van der Waals surface area contributed by atoms with Crippen LogP contribution in [0.3, 0.4) is 0 Å². The Morgan fingerprint density at radius 3 is 2.80 bits per heavy atom. The molecule has 15 heavy (non-hydrogen) atoms. The highest BCUT2D eigenvalue weighted by Gasteiger charge is 2.11. The Hall–Kier alpha value is -0.800. The largest absolute Gasteiger partial charge is 0.380 e. The standard InChI is InChI=1S/C12H22N2O/c1-4-15-8-7-14-6-5-11(9-14)12(13)10(2)3/h5-6,9-10,12H,4,7-8,13H2,1-3H3. The molecule has 1 heterocycles. The minimum atomic E-state index is 0.137. The van der Waals surface area contributed by atoms with Crippen molar-refractivity contribution in [3.05, 3.63) is 24.0 Å². The van der Waals surface area contributed by atoms with Gasteiger partial charge < -0.3 is 15.0 Å². The van der Waals surface area contributed by atoms with Crippen LogP contribution in [0.1, 0.15) is 32.4 Å². The minimum absolute atomic E-state index is 0.137. The number of hydrogen-bond donors (Lipinski definition) is 1. The van der Waals surface area contributed by atoms with Crippen molar-refractivity contribution in [2.75, 3.05) is 13.2 Å². The first kappa shape index (κ1) is 12.3. The van der Waals surface area contributed by atoms with Gasteiger partial charge in [0.15, 0.2) is 0 Å². The Labute approximate surface area is 92.2 Å². The van der Waals surface area contributed by atoms with Crippen LogP contribution in [0.25, 0.3) is 0 Å². The third kappa shape index (κ3) is 3.68. The van der Waals surface area contributed by atoms with Crippen molar-refractivity contribution < 1.29 is 4.74 Å². The molecule has 1 rings (SSSR count). The summed E-state index contributed by atoms with van der Waals surface area (Å²) >= 11 is 0. The highest BCUT2D eigenvalue weighted by molar-refractivity contribution is 5.15. The van der Waals surface area contributed by atoms with E-state index in [2.05, 4.69) is 36.9 Å². The van der Waals surface area contributed by atoms with Crippen molar-refractivity contribution in [3.63, 3.8) is 0 Å². The lowest BCUT2D eigenvalue weighted by molar-refractivity contribution is 0.139. The van der Waals surface area contributed by atoms with Crippen LogP contribution < -0.4 is 5.73 Å². The normalized spacial score (nSPS) is 13.4. The zero-order chi connectivity index (χ0) is 11.3. The van der Waals surface area contributed by atoms with Gasteiger partial charge in [0.25, 0.3) is 0 Å². The maximum Gasteiger partial charge on any atom is 0.0645 e. The average Bonchev–Trinajstić information content (AvgIpc) is 2.65. The molecule has 1 atom stereocenters. The average molecular weight is 210 g/mol. The van der Waals surface area contributed by atoms with Gasteiger partial charge in [0.2, 0.25) is 0 Å². The van der Waals surface area contributed by atoms with Crippen molar-refractivity contribution in [2.24, 2.45) is 11.7 Å². The fourth-order valence-corrected chi connectivity index (χ4v) is 1.49. The molecule has 2 N–H and O–H groups in total. The molecule has 0 saturated carbocycles. The van der Waals surface area contributed by atoms with Gasteiger partial charge >= 0.3 is 0 Å². The molecule has 0 aliphatic rings. The van der Waals surface area contributed by atoms with Crippen LogP contribution in [-0.4, -0.2) is 17.8 Å². The first-order chi connectivity index (χ1) is 7.15. The summed E-state index contributed by atoms with van der Waals surface area (Å²) in [5.74, 6) is 0.479. The molecule has 1 aromatic rings. The summed E-state index contributed by atoms with van der Waals surface area (Å²) < 4.78 is 7.43. The number of ether oxygens (including phenoxy) is 1. The van der Waals surface area contributed by atoms with Gasteiger partial charge in [-0.05, 0) is 24.5 Å². The Balaban J connectivity index is 2.48. The summed E-state index contributed by atoms with van der Waals surface area (Å²) in [5.41, 5.74) is 7.27. The van der Waals surface area contributed by atoms with Gasteiger partial charge in [-0.2, -0.15) is 0 Å². The molecule has 0 aliphatic heterocycles. The topological polar surface area (TPSA) is 40.2 Å². The Morgan fingerprint density at radius 2 is 2.20 bits per heavy atom. The SMILES string of the molecule is CCOCCn1ccc(C(N)C(C)C)c1. The predicted octanol–water partition coefficient (Wildman–Crippen LogP) is 2.18. The molecule has 86 valence electrons. The van der Waals surface area contributed by atoms with Gasteiger partial charge in [0.05, 0.1) is 6.61 Å². The highest BCUT2D eigenvalue weighted by atomic mass is 16.5. The number of rotatable bonds is 6. The summed E-state index contributed by atoms with van der Waals surface area (Å²) in [7, 11) is 0. The lowest BCUT2D eigenvalue weighted by atomic mass is 10.00. The maximum absolute atomic E-state index is 6.06. The Morgan fingerprint density at radius 1 is 1.47 bits per heavy atom. The quantitative estimate of drug-likeness (QED) is 0.731. The summed E-state index contributed by atoms with van der Waals surface area (Å²) in [4.78, 5) is 0. The molecule has 0 fully saturated rings.